The van der Waals surface area contributed by atoms with Gasteiger partial charge in [0.15, 0.2) is 5.82 Å². The molecule has 3 heterocycles. The first-order chi connectivity index (χ1) is 31.7. The van der Waals surface area contributed by atoms with Crippen LogP contribution in [0.4, 0.5) is 0 Å². The molecule has 0 bridgehead atoms. The maximum absolute atomic E-state index is 5.49. The van der Waals surface area contributed by atoms with Crippen LogP contribution in [0.5, 0.6) is 0 Å². The van der Waals surface area contributed by atoms with Crippen LogP contribution in [0.1, 0.15) is 22.3 Å². The van der Waals surface area contributed by atoms with E-state index < -0.39 is 5.41 Å². The number of benzene rings is 9. The molecule has 1 spiro atoms. The molecule has 0 atom stereocenters. The zero-order valence-corrected chi connectivity index (χ0v) is 35.4. The van der Waals surface area contributed by atoms with Crippen LogP contribution in [-0.4, -0.2) is 15.0 Å². The average molecular weight is 832 g/mol. The Morgan fingerprint density at radius 3 is 1.53 bits per heavy atom. The van der Waals surface area contributed by atoms with Crippen molar-refractivity contribution < 1.29 is 0 Å². The summed E-state index contributed by atoms with van der Waals surface area (Å²) in [4.78, 5) is 18.5. The lowest BCUT2D eigenvalue weighted by Gasteiger charge is -2.39. The molecule has 2 aromatic heterocycles. The van der Waals surface area contributed by atoms with E-state index in [4.69, 9.17) is 15.0 Å². The van der Waals surface area contributed by atoms with Crippen LogP contribution < -0.4 is 0 Å². The molecule has 0 fully saturated rings. The quantitative estimate of drug-likeness (QED) is 0.162. The molecule has 13 rings (SSSR count). The number of nitrogens with zero attached hydrogens (tertiary/aromatic N) is 3. The summed E-state index contributed by atoms with van der Waals surface area (Å²) in [5.74, 6) is 0.688. The fraction of sp³-hybridized carbons (Fsp3) is 0.0167. The molecule has 1 aliphatic carbocycles. The van der Waals surface area contributed by atoms with Gasteiger partial charge in [-0.1, -0.05) is 194 Å². The first-order valence-corrected chi connectivity index (χ1v) is 22.6. The molecule has 0 amide bonds. The average Bonchev–Trinajstić information content (AvgIpc) is 3.65. The second-order valence-corrected chi connectivity index (χ2v) is 17.7. The lowest BCUT2D eigenvalue weighted by Crippen LogP contribution is -2.31. The Labute approximate surface area is 375 Å². The summed E-state index contributed by atoms with van der Waals surface area (Å²) in [6, 6.07) is 80.9. The minimum atomic E-state index is -0.499. The summed E-state index contributed by atoms with van der Waals surface area (Å²) < 4.78 is 0. The van der Waals surface area contributed by atoms with Crippen molar-refractivity contribution in [1.82, 2.24) is 15.0 Å². The lowest BCUT2D eigenvalue weighted by molar-refractivity contribution is 0.723. The monoisotopic (exact) mass is 831 g/mol. The van der Waals surface area contributed by atoms with Crippen LogP contribution in [0, 0.1) is 0 Å². The number of hydrogen-bond acceptors (Lipinski definition) is 4. The topological polar surface area (TPSA) is 38.7 Å². The molecule has 0 N–H and O–H groups in total. The Morgan fingerprint density at radius 2 is 0.844 bits per heavy atom. The molecule has 0 unspecified atom stereocenters. The SMILES string of the molecule is c1ccc(-c2ccc(-c3cc(-c4ccc5nc(-c6ccccc6)c6cc7c(cc6c5c4)C4(c5ccccc5Sc5ccccc54)c4ccccc4-7)nc(-c4ccccc4)n3)cc2)cc1. The number of fused-ring (bicyclic) bond motifs is 12. The predicted molar refractivity (Wildman–Crippen MR) is 263 cm³/mol. The molecule has 1 aliphatic heterocycles. The van der Waals surface area contributed by atoms with Crippen molar-refractivity contribution >= 4 is 33.4 Å². The normalized spacial score (nSPS) is 13.1. The van der Waals surface area contributed by atoms with Gasteiger partial charge in [-0.25, -0.2) is 15.0 Å². The van der Waals surface area contributed by atoms with Crippen molar-refractivity contribution in [2.24, 2.45) is 0 Å². The van der Waals surface area contributed by atoms with Crippen LogP contribution in [0.2, 0.25) is 0 Å². The van der Waals surface area contributed by atoms with Crippen molar-refractivity contribution in [1.29, 1.82) is 0 Å². The van der Waals surface area contributed by atoms with Gasteiger partial charge in [-0.3, -0.25) is 0 Å². The van der Waals surface area contributed by atoms with E-state index in [-0.39, 0.29) is 0 Å². The van der Waals surface area contributed by atoms with Gasteiger partial charge in [-0.15, -0.1) is 0 Å². The van der Waals surface area contributed by atoms with Crippen LogP contribution in [-0.2, 0) is 5.41 Å². The first-order valence-electron chi connectivity index (χ1n) is 21.8. The molecular weight excluding hydrogens is 795 g/mol. The van der Waals surface area contributed by atoms with Crippen LogP contribution in [0.25, 0.3) is 89.1 Å². The van der Waals surface area contributed by atoms with Crippen molar-refractivity contribution in [2.45, 2.75) is 15.2 Å². The van der Waals surface area contributed by atoms with Gasteiger partial charge in [0, 0.05) is 42.8 Å². The third-order valence-corrected chi connectivity index (χ3v) is 14.3. The van der Waals surface area contributed by atoms with Gasteiger partial charge in [0.25, 0.3) is 0 Å². The largest absolute Gasteiger partial charge is 0.247 e. The summed E-state index contributed by atoms with van der Waals surface area (Å²) in [7, 11) is 0. The van der Waals surface area contributed by atoms with Crippen molar-refractivity contribution in [3.05, 3.63) is 247 Å². The van der Waals surface area contributed by atoms with E-state index in [1.165, 1.54) is 59.7 Å². The highest BCUT2D eigenvalue weighted by molar-refractivity contribution is 7.99. The summed E-state index contributed by atoms with van der Waals surface area (Å²) in [6.07, 6.45) is 0. The molecule has 11 aromatic rings. The molecule has 298 valence electrons. The van der Waals surface area contributed by atoms with Gasteiger partial charge in [0.05, 0.1) is 28.0 Å². The van der Waals surface area contributed by atoms with Gasteiger partial charge in [-0.2, -0.15) is 0 Å². The van der Waals surface area contributed by atoms with E-state index in [9.17, 15) is 0 Å². The number of pyridine rings is 1. The maximum atomic E-state index is 5.49. The fourth-order valence-electron chi connectivity index (χ4n) is 10.2. The van der Waals surface area contributed by atoms with Crippen LogP contribution in [0.3, 0.4) is 0 Å². The van der Waals surface area contributed by atoms with Gasteiger partial charge in [0.2, 0.25) is 0 Å². The second kappa shape index (κ2) is 14.6. The van der Waals surface area contributed by atoms with Gasteiger partial charge < -0.3 is 0 Å². The van der Waals surface area contributed by atoms with Gasteiger partial charge in [-0.05, 0) is 92.4 Å². The molecule has 9 aromatic carbocycles. The summed E-state index contributed by atoms with van der Waals surface area (Å²) >= 11 is 1.87. The van der Waals surface area contributed by atoms with Gasteiger partial charge >= 0.3 is 0 Å². The predicted octanol–water partition coefficient (Wildman–Crippen LogP) is 15.3. The van der Waals surface area contributed by atoms with E-state index >= 15 is 0 Å². The van der Waals surface area contributed by atoms with E-state index in [1.54, 1.807) is 0 Å². The Balaban J connectivity index is 1.07. The molecule has 0 saturated carbocycles. The van der Waals surface area contributed by atoms with E-state index in [0.29, 0.717) is 5.82 Å². The van der Waals surface area contributed by atoms with Crippen molar-refractivity contribution in [3.63, 3.8) is 0 Å². The van der Waals surface area contributed by atoms with Crippen molar-refractivity contribution in [3.8, 4) is 67.4 Å². The molecule has 4 heteroatoms. The Bertz CT molecular complexity index is 3580. The van der Waals surface area contributed by atoms with Gasteiger partial charge in [0.1, 0.15) is 0 Å². The maximum Gasteiger partial charge on any atom is 0.160 e. The number of rotatable bonds is 5. The third-order valence-electron chi connectivity index (χ3n) is 13.1. The molecular formula is C60H37N3S. The van der Waals surface area contributed by atoms with E-state index in [1.807, 2.05) is 30.0 Å². The molecule has 64 heavy (non-hydrogen) atoms. The second-order valence-electron chi connectivity index (χ2n) is 16.7. The molecule has 0 saturated heterocycles. The minimum absolute atomic E-state index is 0.499. The van der Waals surface area contributed by atoms with Crippen LogP contribution in [0.15, 0.2) is 234 Å². The Hall–Kier alpha value is -7.92. The summed E-state index contributed by atoms with van der Waals surface area (Å²) in [6.45, 7) is 0. The highest BCUT2D eigenvalue weighted by atomic mass is 32.2. The number of hydrogen-bond donors (Lipinski definition) is 0. The zero-order chi connectivity index (χ0) is 42.2. The highest BCUT2D eigenvalue weighted by Gasteiger charge is 2.50. The zero-order valence-electron chi connectivity index (χ0n) is 34.6. The first kappa shape index (κ1) is 36.7. The van der Waals surface area contributed by atoms with Crippen molar-refractivity contribution in [2.75, 3.05) is 0 Å². The van der Waals surface area contributed by atoms with E-state index in [0.717, 1.165) is 55.6 Å². The summed E-state index contributed by atoms with van der Waals surface area (Å²) in [5, 5.41) is 3.38. The molecule has 0 radical (unpaired) electrons. The molecule has 2 aliphatic rings. The number of aromatic nitrogens is 3. The highest BCUT2D eigenvalue weighted by Crippen LogP contribution is 2.63. The minimum Gasteiger partial charge on any atom is -0.247 e. The van der Waals surface area contributed by atoms with Crippen LogP contribution >= 0.6 is 11.8 Å². The smallest absolute Gasteiger partial charge is 0.160 e. The lowest BCUT2D eigenvalue weighted by atomic mass is 9.67. The Morgan fingerprint density at radius 1 is 0.312 bits per heavy atom. The Kier molecular flexibility index (Phi) is 8.37. The fourth-order valence-corrected chi connectivity index (χ4v) is 11.4. The third kappa shape index (κ3) is 5.66. The summed E-state index contributed by atoms with van der Waals surface area (Å²) in [5.41, 5.74) is 17.4. The van der Waals surface area contributed by atoms with E-state index in [2.05, 4.69) is 206 Å². The molecule has 3 nitrogen and oxygen atoms in total. The standard InChI is InChI=1S/C60H37N3S/c1-4-16-38(17-5-1)39-28-30-40(31-29-39)54-37-55(63-59(62-54)42-20-8-3-9-21-42)43-32-33-53-47(34-43)45-36-52-46(35-48(45)58(61-53)41-18-6-2-7-19-41)44-22-10-11-23-49(44)60(52)50-24-12-14-26-56(50)64-57-27-15-13-25-51(57)60/h1-37H.